The third-order valence-electron chi connectivity index (χ3n) is 4.62. The van der Waals surface area contributed by atoms with Crippen molar-refractivity contribution in [1.82, 2.24) is 5.32 Å². The first-order valence-electron chi connectivity index (χ1n) is 9.15. The molecular formula is C21H28N4O3. The Morgan fingerprint density at radius 1 is 1.36 bits per heavy atom. The Labute approximate surface area is 166 Å². The highest BCUT2D eigenvalue weighted by Gasteiger charge is 2.30. The van der Waals surface area contributed by atoms with Gasteiger partial charge in [-0.25, -0.2) is 0 Å². The minimum Gasteiger partial charge on any atom is -0.489 e. The summed E-state index contributed by atoms with van der Waals surface area (Å²) in [6.07, 6.45) is 3.59. The van der Waals surface area contributed by atoms with Crippen LogP contribution in [0.25, 0.3) is 0 Å². The first-order chi connectivity index (χ1) is 13.2. The van der Waals surface area contributed by atoms with Gasteiger partial charge in [-0.3, -0.25) is 14.6 Å². The number of benzene rings is 1. The first-order valence-corrected chi connectivity index (χ1v) is 9.15. The number of carbonyl (C=O) groups excluding carboxylic acids is 2. The average Bonchev–Trinajstić information content (AvgIpc) is 2.66. The van der Waals surface area contributed by atoms with Crippen LogP contribution in [-0.2, 0) is 4.79 Å². The van der Waals surface area contributed by atoms with E-state index in [1.807, 2.05) is 38.7 Å². The summed E-state index contributed by atoms with van der Waals surface area (Å²) in [5, 5.41) is 2.98. The highest BCUT2D eigenvalue weighted by atomic mass is 16.5. The van der Waals surface area contributed by atoms with Gasteiger partial charge in [-0.15, -0.1) is 0 Å². The molecule has 1 atom stereocenters. The van der Waals surface area contributed by atoms with Crippen molar-refractivity contribution in [2.24, 2.45) is 10.7 Å². The van der Waals surface area contributed by atoms with Crippen LogP contribution in [-0.4, -0.2) is 37.2 Å². The summed E-state index contributed by atoms with van der Waals surface area (Å²) in [4.78, 5) is 30.3. The molecule has 1 aromatic rings. The summed E-state index contributed by atoms with van der Waals surface area (Å²) in [5.74, 6) is 0.508. The Bertz CT molecular complexity index is 884. The summed E-state index contributed by atoms with van der Waals surface area (Å²) in [7, 11) is 1.68. The molecule has 0 aliphatic carbocycles. The lowest BCUT2D eigenvalue weighted by Gasteiger charge is -2.39. The minimum absolute atomic E-state index is 0.0136. The van der Waals surface area contributed by atoms with E-state index in [-0.39, 0.29) is 11.9 Å². The van der Waals surface area contributed by atoms with E-state index in [9.17, 15) is 9.59 Å². The number of fused-ring (bicyclic) bond motifs is 1. The normalized spacial score (nSPS) is 17.7. The van der Waals surface area contributed by atoms with Crippen LogP contribution in [0, 0.1) is 6.92 Å². The lowest BCUT2D eigenvalue weighted by Crippen LogP contribution is -2.46. The second kappa shape index (κ2) is 8.73. The number of rotatable bonds is 5. The van der Waals surface area contributed by atoms with Crippen molar-refractivity contribution in [3.8, 4) is 5.75 Å². The van der Waals surface area contributed by atoms with Gasteiger partial charge in [0.2, 0.25) is 5.91 Å². The fraction of sp³-hybridized carbons (Fsp3) is 0.381. The van der Waals surface area contributed by atoms with E-state index in [0.29, 0.717) is 29.3 Å². The highest BCUT2D eigenvalue weighted by molar-refractivity contribution is 6.03. The Kier molecular flexibility index (Phi) is 6.62. The van der Waals surface area contributed by atoms with Gasteiger partial charge in [-0.1, -0.05) is 0 Å². The fourth-order valence-electron chi connectivity index (χ4n) is 3.10. The smallest absolute Gasteiger partial charge is 0.252 e. The third kappa shape index (κ3) is 4.42. The van der Waals surface area contributed by atoms with Crippen LogP contribution in [0.4, 0.5) is 5.69 Å². The molecule has 1 unspecified atom stereocenters. The van der Waals surface area contributed by atoms with Gasteiger partial charge in [-0.05, 0) is 64.5 Å². The molecule has 1 aromatic carbocycles. The van der Waals surface area contributed by atoms with Crippen LogP contribution in [0.3, 0.4) is 0 Å². The van der Waals surface area contributed by atoms with Crippen molar-refractivity contribution in [2.75, 3.05) is 18.6 Å². The molecule has 0 aromatic heterocycles. The van der Waals surface area contributed by atoms with E-state index >= 15 is 0 Å². The van der Waals surface area contributed by atoms with Crippen molar-refractivity contribution in [3.63, 3.8) is 0 Å². The number of hydrogen-bond donors (Lipinski definition) is 2. The topological polar surface area (TPSA) is 97.0 Å². The summed E-state index contributed by atoms with van der Waals surface area (Å²) in [5.41, 5.74) is 8.80. The van der Waals surface area contributed by atoms with Gasteiger partial charge < -0.3 is 20.7 Å². The third-order valence-corrected chi connectivity index (χ3v) is 4.62. The molecule has 3 N–H and O–H groups in total. The van der Waals surface area contributed by atoms with E-state index < -0.39 is 5.91 Å². The maximum atomic E-state index is 12.7. The molecule has 0 saturated heterocycles. The molecule has 28 heavy (non-hydrogen) atoms. The number of aliphatic imine (C=N–C) groups is 1. The van der Waals surface area contributed by atoms with Crippen LogP contribution in [0.15, 0.2) is 40.7 Å². The summed E-state index contributed by atoms with van der Waals surface area (Å²) in [6, 6.07) is 3.36. The molecule has 7 nitrogen and oxygen atoms in total. The number of amides is 2. The largest absolute Gasteiger partial charge is 0.489 e. The molecule has 2 amide bonds. The first kappa shape index (κ1) is 21.2. The van der Waals surface area contributed by atoms with E-state index in [2.05, 4.69) is 10.3 Å². The zero-order chi connectivity index (χ0) is 21.0. The van der Waals surface area contributed by atoms with Crippen LogP contribution >= 0.6 is 0 Å². The zero-order valence-corrected chi connectivity index (χ0v) is 17.3. The van der Waals surface area contributed by atoms with Gasteiger partial charge in [0.05, 0.1) is 11.7 Å². The fourth-order valence-corrected chi connectivity index (χ4v) is 3.10. The van der Waals surface area contributed by atoms with Gasteiger partial charge in [0, 0.05) is 23.9 Å². The summed E-state index contributed by atoms with van der Waals surface area (Å²) < 4.78 is 5.84. The minimum atomic E-state index is -0.507. The van der Waals surface area contributed by atoms with Gasteiger partial charge in [0.1, 0.15) is 18.2 Å². The number of nitrogens with zero attached hydrogens (tertiary/aromatic N) is 2. The van der Waals surface area contributed by atoms with E-state index in [0.717, 1.165) is 17.0 Å². The quantitative estimate of drug-likeness (QED) is 0.602. The molecule has 1 aliphatic heterocycles. The number of hydrogen-bond acceptors (Lipinski definition) is 5. The number of nitrogens with two attached hydrogens (primary N) is 1. The van der Waals surface area contributed by atoms with Crippen LogP contribution in [0.2, 0.25) is 0 Å². The molecular weight excluding hydrogens is 356 g/mol. The number of allylic oxidation sites excluding steroid dienone is 2. The molecule has 0 bridgehead atoms. The van der Waals surface area contributed by atoms with Crippen molar-refractivity contribution in [1.29, 1.82) is 0 Å². The SMILES string of the molecule is C/C=C(/NC(=O)/C(C)=C/C(C)=N\C)N1c2c(C)cc(C(N)=O)cc2OCC1C. The van der Waals surface area contributed by atoms with Crippen LogP contribution in [0.5, 0.6) is 5.75 Å². The zero-order valence-electron chi connectivity index (χ0n) is 17.3. The summed E-state index contributed by atoms with van der Waals surface area (Å²) >= 11 is 0. The van der Waals surface area contributed by atoms with Gasteiger partial charge >= 0.3 is 0 Å². The molecule has 1 heterocycles. The second-order valence-corrected chi connectivity index (χ2v) is 6.85. The predicted molar refractivity (Wildman–Crippen MR) is 112 cm³/mol. The number of ether oxygens (including phenoxy) is 1. The van der Waals surface area contributed by atoms with Gasteiger partial charge in [-0.2, -0.15) is 0 Å². The highest BCUT2D eigenvalue weighted by Crippen LogP contribution is 2.39. The standard InChI is InChI=1S/C21H28N4O3/c1-7-18(24-21(27)13(3)8-14(4)23-6)25-15(5)11-28-17-10-16(20(22)26)9-12(2)19(17)25/h7-10,15H,11H2,1-6H3,(H2,22,26)(H,24,27)/b13-8+,18-7-,23-14-. The monoisotopic (exact) mass is 384 g/mol. The van der Waals surface area contributed by atoms with Crippen molar-refractivity contribution in [3.05, 3.63) is 46.8 Å². The molecule has 0 radical (unpaired) electrons. The molecule has 2 rings (SSSR count). The molecule has 150 valence electrons. The number of carbonyl (C=O) groups is 2. The van der Waals surface area contributed by atoms with Crippen molar-refractivity contribution < 1.29 is 14.3 Å². The molecule has 0 spiro atoms. The van der Waals surface area contributed by atoms with Crippen molar-refractivity contribution in [2.45, 2.75) is 40.7 Å². The van der Waals surface area contributed by atoms with Gasteiger partial charge in [0.25, 0.3) is 5.91 Å². The van der Waals surface area contributed by atoms with Crippen molar-refractivity contribution >= 4 is 23.2 Å². The number of primary amides is 1. The van der Waals surface area contributed by atoms with E-state index in [1.165, 1.54) is 0 Å². The number of aryl methyl sites for hydroxylation is 1. The maximum absolute atomic E-state index is 12.7. The lowest BCUT2D eigenvalue weighted by molar-refractivity contribution is -0.116. The van der Waals surface area contributed by atoms with Crippen LogP contribution < -0.4 is 20.7 Å². The maximum Gasteiger partial charge on any atom is 0.252 e. The average molecular weight is 384 g/mol. The number of nitrogens with one attached hydrogen (secondary N) is 1. The number of anilines is 1. The van der Waals surface area contributed by atoms with E-state index in [4.69, 9.17) is 10.5 Å². The Balaban J connectivity index is 2.42. The summed E-state index contributed by atoms with van der Waals surface area (Å²) in [6.45, 7) is 9.77. The van der Waals surface area contributed by atoms with E-state index in [1.54, 1.807) is 32.2 Å². The molecule has 0 fully saturated rings. The van der Waals surface area contributed by atoms with Crippen LogP contribution in [0.1, 0.15) is 43.6 Å². The molecule has 7 heteroatoms. The second-order valence-electron chi connectivity index (χ2n) is 6.85. The lowest BCUT2D eigenvalue weighted by atomic mass is 10.0. The Hall–Kier alpha value is -3.09. The van der Waals surface area contributed by atoms with Gasteiger partial charge in [0.15, 0.2) is 0 Å². The Morgan fingerprint density at radius 2 is 2.04 bits per heavy atom. The molecule has 1 aliphatic rings. The Morgan fingerprint density at radius 3 is 2.61 bits per heavy atom. The molecule has 0 saturated carbocycles. The predicted octanol–water partition coefficient (Wildman–Crippen LogP) is 2.70.